The highest BCUT2D eigenvalue weighted by Gasteiger charge is 2.40. The van der Waals surface area contributed by atoms with E-state index >= 15 is 0 Å². The van der Waals surface area contributed by atoms with Crippen LogP contribution < -0.4 is 5.32 Å². The van der Waals surface area contributed by atoms with Crippen molar-refractivity contribution in [3.05, 3.63) is 72.7 Å². The molecule has 5 N–H and O–H groups in total. The first kappa shape index (κ1) is 45.7. The number of carboxylic acids is 1. The first-order valence-electron chi connectivity index (χ1n) is 20.5. The number of nitrogens with one attached hydrogen (secondary N) is 3. The van der Waals surface area contributed by atoms with E-state index < -0.39 is 30.3 Å². The maximum Gasteiger partial charge on any atom is 0.490 e. The average molecular weight is 875 g/mol. The number of aromatic amines is 2. The summed E-state index contributed by atoms with van der Waals surface area (Å²) in [6.07, 6.45) is 2.82. The minimum atomic E-state index is -5.08. The molecule has 17 nitrogen and oxygen atoms in total. The normalized spacial score (nSPS) is 17.3. The van der Waals surface area contributed by atoms with E-state index in [0.717, 1.165) is 81.2 Å². The van der Waals surface area contributed by atoms with Gasteiger partial charge in [0.15, 0.2) is 0 Å². The molecule has 2 aliphatic heterocycles. The zero-order chi connectivity index (χ0) is 45.7. The molecule has 0 saturated carbocycles. The highest BCUT2D eigenvalue weighted by molar-refractivity contribution is 5.88. The van der Waals surface area contributed by atoms with Gasteiger partial charge in [-0.25, -0.2) is 24.5 Å². The molecule has 7 rings (SSSR count). The number of hydrogen-bond acceptors (Lipinski definition) is 9. The van der Waals surface area contributed by atoms with Crippen LogP contribution in [-0.2, 0) is 19.2 Å². The fraction of sp³-hybridized carbons (Fsp3) is 0.419. The number of halogens is 3. The van der Waals surface area contributed by atoms with Gasteiger partial charge in [0, 0.05) is 38.2 Å². The van der Waals surface area contributed by atoms with Gasteiger partial charge in [-0.3, -0.25) is 24.3 Å². The van der Waals surface area contributed by atoms with Gasteiger partial charge in [0.1, 0.15) is 23.7 Å². The summed E-state index contributed by atoms with van der Waals surface area (Å²) in [5.41, 5.74) is 6.57. The van der Waals surface area contributed by atoms with Crippen molar-refractivity contribution in [2.45, 2.75) is 90.1 Å². The van der Waals surface area contributed by atoms with Gasteiger partial charge in [0.25, 0.3) is 0 Å². The maximum absolute atomic E-state index is 13.6. The molecule has 2 fully saturated rings. The molecule has 3 aromatic heterocycles. The molecule has 4 atom stereocenters. The molecule has 0 spiro atoms. The second kappa shape index (κ2) is 19.0. The largest absolute Gasteiger partial charge is 0.490 e. The van der Waals surface area contributed by atoms with Gasteiger partial charge < -0.3 is 35.3 Å². The fourth-order valence-electron chi connectivity index (χ4n) is 8.04. The minimum Gasteiger partial charge on any atom is -0.475 e. The van der Waals surface area contributed by atoms with Crippen molar-refractivity contribution >= 4 is 40.8 Å². The van der Waals surface area contributed by atoms with Crippen molar-refractivity contribution in [1.29, 1.82) is 0 Å². The van der Waals surface area contributed by atoms with Crippen LogP contribution >= 0.6 is 0 Å². The molecule has 0 aliphatic carbocycles. The molecule has 20 heteroatoms. The van der Waals surface area contributed by atoms with Gasteiger partial charge in [-0.15, -0.1) is 0 Å². The highest BCUT2D eigenvalue weighted by atomic mass is 19.4. The number of alkyl halides is 3. The first-order valence-corrected chi connectivity index (χ1v) is 20.5. The van der Waals surface area contributed by atoms with Gasteiger partial charge in [0.2, 0.25) is 17.7 Å². The summed E-state index contributed by atoms with van der Waals surface area (Å²) >= 11 is 0. The second-order valence-electron chi connectivity index (χ2n) is 15.8. The number of carbonyl (C=O) groups is 5. The molecule has 5 heterocycles. The molecule has 334 valence electrons. The molecule has 0 radical (unpaired) electrons. The quantitative estimate of drug-likeness (QED) is 0.0951. The van der Waals surface area contributed by atoms with Crippen molar-refractivity contribution in [2.24, 2.45) is 5.92 Å². The summed E-state index contributed by atoms with van der Waals surface area (Å²) in [6, 6.07) is 12.1. The van der Waals surface area contributed by atoms with E-state index in [2.05, 4.69) is 25.3 Å². The average Bonchev–Trinajstić information content (AvgIpc) is 4.09. The third-order valence-corrected chi connectivity index (χ3v) is 11.2. The molecule has 63 heavy (non-hydrogen) atoms. The molecule has 0 bridgehead atoms. The Morgan fingerprint density at radius 3 is 1.84 bits per heavy atom. The number of aromatic nitrogens is 6. The van der Waals surface area contributed by atoms with Crippen molar-refractivity contribution in [1.82, 2.24) is 49.9 Å². The predicted octanol–water partition coefficient (Wildman–Crippen LogP) is 6.59. The number of H-pyrrole nitrogens is 2. The molecule has 0 unspecified atom stereocenters. The number of imidazole rings is 2. The number of carbonyl (C=O) groups excluding carboxylic acids is 3. The van der Waals surface area contributed by atoms with Crippen LogP contribution in [0.1, 0.15) is 83.5 Å². The number of hydrogen-bond donors (Lipinski definition) is 5. The van der Waals surface area contributed by atoms with E-state index in [9.17, 15) is 37.5 Å². The van der Waals surface area contributed by atoms with Crippen LogP contribution in [-0.4, -0.2) is 123 Å². The molecule has 5 aromatic rings. The molecule has 2 aromatic carbocycles. The monoisotopic (exact) mass is 874 g/mol. The lowest BCUT2D eigenvalue weighted by Gasteiger charge is -2.33. The Hall–Kier alpha value is -6.86. The Morgan fingerprint density at radius 2 is 1.33 bits per heavy atom. The van der Waals surface area contributed by atoms with Gasteiger partial charge in [0.05, 0.1) is 58.8 Å². The number of benzene rings is 2. The van der Waals surface area contributed by atoms with Crippen LogP contribution in [0.3, 0.4) is 0 Å². The Labute approximate surface area is 360 Å². The predicted molar refractivity (Wildman–Crippen MR) is 224 cm³/mol. The third kappa shape index (κ3) is 10.3. The van der Waals surface area contributed by atoms with Gasteiger partial charge in [-0.2, -0.15) is 13.2 Å². The Morgan fingerprint density at radius 1 is 0.810 bits per heavy atom. The van der Waals surface area contributed by atoms with Crippen LogP contribution in [0.15, 0.2) is 61.1 Å². The summed E-state index contributed by atoms with van der Waals surface area (Å²) in [5.74, 6) is -2.05. The highest BCUT2D eigenvalue weighted by Crippen LogP contribution is 2.35. The summed E-state index contributed by atoms with van der Waals surface area (Å²) in [5, 5.41) is 19.5. The maximum atomic E-state index is 13.6. The number of likely N-dealkylation sites (tertiary alicyclic amines) is 2. The van der Waals surface area contributed by atoms with Crippen LogP contribution in [0.4, 0.5) is 18.0 Å². The van der Waals surface area contributed by atoms with Crippen LogP contribution in [0.5, 0.6) is 0 Å². The second-order valence-corrected chi connectivity index (χ2v) is 15.8. The van der Waals surface area contributed by atoms with E-state index in [0.29, 0.717) is 25.3 Å². The fourth-order valence-corrected chi connectivity index (χ4v) is 8.04. The number of fused-ring (bicyclic) bond motifs is 1. The van der Waals surface area contributed by atoms with Gasteiger partial charge in [-0.1, -0.05) is 51.1 Å². The molecule has 4 amide bonds. The van der Waals surface area contributed by atoms with Crippen molar-refractivity contribution in [3.8, 4) is 33.8 Å². The van der Waals surface area contributed by atoms with Crippen molar-refractivity contribution in [2.75, 3.05) is 20.1 Å². The number of nitrogens with zero attached hydrogens (tertiary/aromatic N) is 7. The number of aliphatic carboxylic acids is 1. The minimum absolute atomic E-state index is 0.0873. The van der Waals surface area contributed by atoms with E-state index in [-0.39, 0.29) is 35.7 Å². The summed E-state index contributed by atoms with van der Waals surface area (Å²) < 4.78 is 31.7. The zero-order valence-electron chi connectivity index (χ0n) is 35.3. The standard InChI is InChI=1S/C41H48N10O5.C2HF3O2/c1-6-28(45-24(4)52)39(53)50-17-7-9-34(50)37-44-22-33(48-37)27-15-16-29-30(19-27)42-20-31(46-29)25-11-13-26(14-12-25)32-21-43-38(47-32)35-10-8-18-51(35)40(54)36(23(2)3)49(5)41(55)56;3-2(4,5)1(6)7/h11-16,19-23,28,34-36H,6-10,17-18H2,1-5H3,(H,43,47)(H,44,48)(H,45,52)(H,55,56);(H,6,7)/t28-,34-,35-,36-;/m0./s1. The molecule has 2 saturated heterocycles. The van der Waals surface area contributed by atoms with E-state index in [1.54, 1.807) is 23.5 Å². The van der Waals surface area contributed by atoms with Crippen molar-refractivity contribution < 1.29 is 47.4 Å². The van der Waals surface area contributed by atoms with E-state index in [4.69, 9.17) is 19.9 Å². The third-order valence-electron chi connectivity index (χ3n) is 11.2. The van der Waals surface area contributed by atoms with E-state index in [1.807, 2.05) is 68.1 Å². The van der Waals surface area contributed by atoms with Crippen LogP contribution in [0.2, 0.25) is 0 Å². The lowest BCUT2D eigenvalue weighted by molar-refractivity contribution is -0.192. The lowest BCUT2D eigenvalue weighted by Crippen LogP contribution is -2.51. The van der Waals surface area contributed by atoms with Crippen LogP contribution in [0, 0.1) is 5.92 Å². The Bertz CT molecular complexity index is 2470. The Kier molecular flexibility index (Phi) is 13.8. The summed E-state index contributed by atoms with van der Waals surface area (Å²) in [7, 11) is 1.44. The SMILES string of the molecule is CC[C@H](NC(C)=O)C(=O)N1CCC[C@H]1c1ncc(-c2ccc3nc(-c4ccc(-c5cnc([C@@H]6CCCN6C(=O)[C@H](C(C)C)N(C)C(=O)O)[nH]5)cc4)cnc3c2)[nH]1.O=C(O)C(F)(F)F. The zero-order valence-corrected chi connectivity index (χ0v) is 35.3. The molecule has 2 aliphatic rings. The lowest BCUT2D eigenvalue weighted by atomic mass is 10.0. The summed E-state index contributed by atoms with van der Waals surface area (Å²) in [6.45, 7) is 8.20. The van der Waals surface area contributed by atoms with Crippen molar-refractivity contribution in [3.63, 3.8) is 0 Å². The number of carboxylic acid groups (broad SMARTS) is 2. The smallest absolute Gasteiger partial charge is 0.475 e. The number of rotatable bonds is 11. The molecular weight excluding hydrogens is 826 g/mol. The number of amides is 4. The Balaban J connectivity index is 0.000000871. The topological polar surface area (TPSA) is 231 Å². The summed E-state index contributed by atoms with van der Waals surface area (Å²) in [4.78, 5) is 89.6. The van der Waals surface area contributed by atoms with Gasteiger partial charge >= 0.3 is 18.2 Å². The first-order chi connectivity index (χ1) is 29.9. The number of likely N-dealkylation sites (N-methyl/N-ethyl adjacent to an activating group) is 1. The van der Waals surface area contributed by atoms with Crippen LogP contribution in [0.25, 0.3) is 44.8 Å². The van der Waals surface area contributed by atoms with E-state index in [1.165, 1.54) is 14.0 Å². The molecular formula is C43H49F3N10O7. The van der Waals surface area contributed by atoms with Gasteiger partial charge in [-0.05, 0) is 55.7 Å².